The minimum absolute atomic E-state index is 0.0605. The van der Waals surface area contributed by atoms with Crippen molar-refractivity contribution in [2.45, 2.75) is 18.9 Å². The molecule has 0 saturated carbocycles. The van der Waals surface area contributed by atoms with Crippen LogP contribution < -0.4 is 0 Å². The highest BCUT2D eigenvalue weighted by Gasteiger charge is 2.39. The number of likely N-dealkylation sites (N-methyl/N-ethyl adjacent to an activating group) is 1. The van der Waals surface area contributed by atoms with Gasteiger partial charge in [0.25, 0.3) is 0 Å². The van der Waals surface area contributed by atoms with Crippen LogP contribution in [0, 0.1) is 0 Å². The fourth-order valence-corrected chi connectivity index (χ4v) is 2.19. The zero-order valence-corrected chi connectivity index (χ0v) is 10.8. The van der Waals surface area contributed by atoms with E-state index in [9.17, 15) is 9.59 Å². The topological polar surface area (TPSA) is 40.6 Å². The van der Waals surface area contributed by atoms with Crippen molar-refractivity contribution in [3.05, 3.63) is 35.9 Å². The fourth-order valence-electron chi connectivity index (χ4n) is 2.19. The number of carbonyl (C=O) groups excluding carboxylic acids is 2. The molecule has 1 atom stereocenters. The number of hydrogen-bond donors (Lipinski definition) is 0. The summed E-state index contributed by atoms with van der Waals surface area (Å²) in [6.45, 7) is 0.478. The van der Waals surface area contributed by atoms with Gasteiger partial charge in [0.2, 0.25) is 11.8 Å². The summed E-state index contributed by atoms with van der Waals surface area (Å²) in [6, 6.07) is 9.62. The van der Waals surface area contributed by atoms with Crippen LogP contribution >= 0.6 is 0 Å². The van der Waals surface area contributed by atoms with Gasteiger partial charge in [-0.1, -0.05) is 30.3 Å². The molecule has 0 aliphatic carbocycles. The van der Waals surface area contributed by atoms with Crippen molar-refractivity contribution in [3.63, 3.8) is 0 Å². The Balaban J connectivity index is 1.98. The first-order chi connectivity index (χ1) is 8.59. The summed E-state index contributed by atoms with van der Waals surface area (Å²) in [5.74, 6) is -0.129. The molecule has 2 rings (SSSR count). The largest absolute Gasteiger partial charge is 0.298 e. The quantitative estimate of drug-likeness (QED) is 0.742. The Bertz CT molecular complexity index is 442. The third-order valence-corrected chi connectivity index (χ3v) is 3.31. The molecule has 2 amide bonds. The summed E-state index contributed by atoms with van der Waals surface area (Å²) >= 11 is 0. The molecule has 1 fully saturated rings. The van der Waals surface area contributed by atoms with E-state index in [1.165, 1.54) is 4.90 Å². The predicted octanol–water partition coefficient (Wildman–Crippen LogP) is 0.918. The van der Waals surface area contributed by atoms with Gasteiger partial charge in [-0.05, 0) is 26.1 Å². The molecule has 1 aromatic rings. The first-order valence-electron chi connectivity index (χ1n) is 6.14. The van der Waals surface area contributed by atoms with Gasteiger partial charge in [-0.15, -0.1) is 0 Å². The number of imide groups is 1. The normalized spacial score (nSPS) is 19.9. The van der Waals surface area contributed by atoms with Crippen molar-refractivity contribution in [2.75, 3.05) is 20.6 Å². The minimum atomic E-state index is -0.284. The molecule has 18 heavy (non-hydrogen) atoms. The first kappa shape index (κ1) is 12.8. The second kappa shape index (κ2) is 5.31. The monoisotopic (exact) mass is 246 g/mol. The Morgan fingerprint density at radius 1 is 1.22 bits per heavy atom. The molecule has 4 heteroatoms. The van der Waals surface area contributed by atoms with Crippen molar-refractivity contribution in [1.82, 2.24) is 9.80 Å². The second-order valence-corrected chi connectivity index (χ2v) is 4.80. The maximum absolute atomic E-state index is 12.0. The van der Waals surface area contributed by atoms with E-state index in [1.54, 1.807) is 0 Å². The molecule has 0 aromatic heterocycles. The van der Waals surface area contributed by atoms with Crippen LogP contribution in [0.25, 0.3) is 0 Å². The molecule has 96 valence electrons. The maximum atomic E-state index is 12.0. The van der Waals surface area contributed by atoms with Gasteiger partial charge in [0.05, 0.1) is 12.5 Å². The Labute approximate surface area is 107 Å². The predicted molar refractivity (Wildman–Crippen MR) is 69.0 cm³/mol. The lowest BCUT2D eigenvalue weighted by molar-refractivity contribution is -0.139. The summed E-state index contributed by atoms with van der Waals surface area (Å²) in [7, 11) is 3.66. The lowest BCUT2D eigenvalue weighted by Crippen LogP contribution is -2.38. The van der Waals surface area contributed by atoms with Crippen LogP contribution in [0.1, 0.15) is 12.0 Å². The summed E-state index contributed by atoms with van der Waals surface area (Å²) in [4.78, 5) is 27.0. The summed E-state index contributed by atoms with van der Waals surface area (Å²) in [6.07, 6.45) is 1.03. The highest BCUT2D eigenvalue weighted by molar-refractivity contribution is 6.05. The van der Waals surface area contributed by atoms with Crippen LogP contribution in [0.3, 0.4) is 0 Å². The molecule has 1 unspecified atom stereocenters. The van der Waals surface area contributed by atoms with Crippen molar-refractivity contribution < 1.29 is 9.59 Å². The number of nitrogens with zero attached hydrogens (tertiary/aromatic N) is 2. The van der Waals surface area contributed by atoms with Crippen molar-refractivity contribution >= 4 is 11.8 Å². The summed E-state index contributed by atoms with van der Waals surface area (Å²) in [5.41, 5.74) is 1.14. The lowest BCUT2D eigenvalue weighted by Gasteiger charge is -2.18. The molecule has 4 nitrogen and oxygen atoms in total. The molecule has 1 aliphatic heterocycles. The minimum Gasteiger partial charge on any atom is -0.298 e. The molecule has 0 radical (unpaired) electrons. The highest BCUT2D eigenvalue weighted by Crippen LogP contribution is 2.17. The molecule has 1 saturated heterocycles. The maximum Gasteiger partial charge on any atom is 0.247 e. The van der Waals surface area contributed by atoms with Crippen LogP contribution in [0.2, 0.25) is 0 Å². The van der Waals surface area contributed by atoms with Crippen LogP contribution in [0.4, 0.5) is 0 Å². The SMILES string of the molecule is CN(C)C1CC(=O)N(CCc2ccccc2)C1=O. The molecule has 0 N–H and O–H groups in total. The van der Waals surface area contributed by atoms with Crippen LogP contribution in [-0.2, 0) is 16.0 Å². The third kappa shape index (κ3) is 2.59. The molecular weight excluding hydrogens is 228 g/mol. The van der Waals surface area contributed by atoms with Crippen molar-refractivity contribution in [2.24, 2.45) is 0 Å². The van der Waals surface area contributed by atoms with Crippen molar-refractivity contribution in [3.8, 4) is 0 Å². The number of amides is 2. The van der Waals surface area contributed by atoms with E-state index in [4.69, 9.17) is 0 Å². The van der Waals surface area contributed by atoms with Gasteiger partial charge in [-0.3, -0.25) is 19.4 Å². The Morgan fingerprint density at radius 2 is 1.89 bits per heavy atom. The average Bonchev–Trinajstić information content (AvgIpc) is 2.64. The van der Waals surface area contributed by atoms with Gasteiger partial charge in [-0.25, -0.2) is 0 Å². The highest BCUT2D eigenvalue weighted by atomic mass is 16.2. The molecule has 1 aliphatic rings. The zero-order chi connectivity index (χ0) is 13.1. The third-order valence-electron chi connectivity index (χ3n) is 3.31. The number of hydrogen-bond acceptors (Lipinski definition) is 3. The number of likely N-dealkylation sites (tertiary alicyclic amines) is 1. The molecule has 0 spiro atoms. The molecule has 1 heterocycles. The Hall–Kier alpha value is -1.68. The molecule has 1 aromatic carbocycles. The molecule has 0 bridgehead atoms. The first-order valence-corrected chi connectivity index (χ1v) is 6.14. The smallest absolute Gasteiger partial charge is 0.247 e. The second-order valence-electron chi connectivity index (χ2n) is 4.80. The Morgan fingerprint density at radius 3 is 2.44 bits per heavy atom. The molecular formula is C14H18N2O2. The van der Waals surface area contributed by atoms with E-state index in [0.717, 1.165) is 12.0 Å². The van der Waals surface area contributed by atoms with E-state index in [1.807, 2.05) is 49.3 Å². The van der Waals surface area contributed by atoms with Crippen LogP contribution in [0.5, 0.6) is 0 Å². The fraction of sp³-hybridized carbons (Fsp3) is 0.429. The zero-order valence-electron chi connectivity index (χ0n) is 10.8. The lowest BCUT2D eigenvalue weighted by atomic mass is 10.1. The van der Waals surface area contributed by atoms with Gasteiger partial charge in [0.1, 0.15) is 0 Å². The standard InChI is InChI=1S/C14H18N2O2/c1-15(2)12-10-13(17)16(14(12)18)9-8-11-6-4-3-5-7-11/h3-7,12H,8-10H2,1-2H3. The van der Waals surface area contributed by atoms with E-state index < -0.39 is 0 Å². The van der Waals surface area contributed by atoms with Gasteiger partial charge >= 0.3 is 0 Å². The summed E-state index contributed by atoms with van der Waals surface area (Å²) < 4.78 is 0. The van der Waals surface area contributed by atoms with Gasteiger partial charge in [-0.2, -0.15) is 0 Å². The van der Waals surface area contributed by atoms with Crippen LogP contribution in [-0.4, -0.2) is 48.3 Å². The van der Waals surface area contributed by atoms with Gasteiger partial charge in [0.15, 0.2) is 0 Å². The van der Waals surface area contributed by atoms with E-state index in [0.29, 0.717) is 13.0 Å². The van der Waals surface area contributed by atoms with Gasteiger partial charge in [0, 0.05) is 6.54 Å². The van der Waals surface area contributed by atoms with E-state index in [-0.39, 0.29) is 17.9 Å². The number of carbonyl (C=O) groups is 2. The average molecular weight is 246 g/mol. The van der Waals surface area contributed by atoms with Crippen molar-refractivity contribution in [1.29, 1.82) is 0 Å². The summed E-state index contributed by atoms with van der Waals surface area (Å²) in [5, 5.41) is 0. The van der Waals surface area contributed by atoms with Gasteiger partial charge < -0.3 is 0 Å². The number of benzene rings is 1. The van der Waals surface area contributed by atoms with Crippen LogP contribution in [0.15, 0.2) is 30.3 Å². The van der Waals surface area contributed by atoms with E-state index >= 15 is 0 Å². The van der Waals surface area contributed by atoms with E-state index in [2.05, 4.69) is 0 Å². The Kier molecular flexibility index (Phi) is 3.77. The number of rotatable bonds is 4.